The topological polar surface area (TPSA) is 85.8 Å². The molecular weight excluding hydrogens is 513 g/mol. The number of carbonyl (C=O) groups excluding carboxylic acids is 2. The Balaban J connectivity index is 0.00000320. The Morgan fingerprint density at radius 2 is 2.07 bits per heavy atom. The zero-order valence-corrected chi connectivity index (χ0v) is 20.8. The lowest BCUT2D eigenvalue weighted by atomic mass is 10.1. The largest absolute Gasteiger partial charge is 0.357 e. The molecule has 1 saturated heterocycles. The van der Waals surface area contributed by atoms with Gasteiger partial charge >= 0.3 is 0 Å². The Morgan fingerprint density at radius 1 is 1.30 bits per heavy atom. The van der Waals surface area contributed by atoms with Crippen molar-refractivity contribution in [3.8, 4) is 0 Å². The monoisotopic (exact) mass is 545 g/mol. The fourth-order valence-electron chi connectivity index (χ4n) is 3.72. The van der Waals surface area contributed by atoms with Crippen molar-refractivity contribution in [3.05, 3.63) is 35.4 Å². The third-order valence-corrected chi connectivity index (χ3v) is 6.44. The normalized spacial score (nSPS) is 21.6. The minimum atomic E-state index is -0.106. The predicted octanol–water partition coefficient (Wildman–Crippen LogP) is 2.22. The summed E-state index contributed by atoms with van der Waals surface area (Å²) >= 11 is 1.95. The first kappa shape index (κ1) is 24.8. The number of hydrogen-bond acceptors (Lipinski definition) is 4. The highest BCUT2D eigenvalue weighted by Crippen LogP contribution is 2.28. The van der Waals surface area contributed by atoms with Gasteiger partial charge in [0, 0.05) is 36.5 Å². The van der Waals surface area contributed by atoms with E-state index in [2.05, 4.69) is 29.1 Å². The van der Waals surface area contributed by atoms with Crippen LogP contribution in [0.3, 0.4) is 0 Å². The Bertz CT molecular complexity index is 743. The van der Waals surface area contributed by atoms with Crippen LogP contribution in [0, 0.1) is 0 Å². The van der Waals surface area contributed by atoms with E-state index in [0.29, 0.717) is 31.2 Å². The third kappa shape index (κ3) is 7.04. The molecule has 2 aliphatic rings. The minimum absolute atomic E-state index is 0. The maximum Gasteiger partial charge on any atom is 0.254 e. The van der Waals surface area contributed by atoms with Gasteiger partial charge in [-0.25, -0.2) is 4.99 Å². The zero-order valence-electron chi connectivity index (χ0n) is 17.6. The Morgan fingerprint density at radius 3 is 2.70 bits per heavy atom. The number of nitrogens with zero attached hydrogens (tertiary/aromatic N) is 2. The molecule has 1 aliphatic carbocycles. The maximum absolute atomic E-state index is 12.5. The van der Waals surface area contributed by atoms with Gasteiger partial charge in [0.25, 0.3) is 5.91 Å². The van der Waals surface area contributed by atoms with Crippen LogP contribution in [0.1, 0.15) is 42.1 Å². The second kappa shape index (κ2) is 12.4. The molecule has 1 aliphatic heterocycles. The summed E-state index contributed by atoms with van der Waals surface area (Å²) in [7, 11) is 0. The van der Waals surface area contributed by atoms with Crippen molar-refractivity contribution in [1.29, 1.82) is 0 Å². The van der Waals surface area contributed by atoms with Gasteiger partial charge in [-0.3, -0.25) is 9.59 Å². The first-order chi connectivity index (χ1) is 14.1. The molecule has 3 N–H and O–H groups in total. The molecule has 9 heteroatoms. The Labute approximate surface area is 200 Å². The van der Waals surface area contributed by atoms with Crippen LogP contribution in [-0.4, -0.2) is 66.4 Å². The highest BCUT2D eigenvalue weighted by atomic mass is 127. The molecule has 2 unspecified atom stereocenters. The minimum Gasteiger partial charge on any atom is -0.357 e. The van der Waals surface area contributed by atoms with E-state index in [0.717, 1.165) is 23.3 Å². The number of nitrogens with one attached hydrogen (secondary N) is 3. The van der Waals surface area contributed by atoms with Crippen LogP contribution < -0.4 is 16.0 Å². The van der Waals surface area contributed by atoms with Crippen molar-refractivity contribution in [2.75, 3.05) is 32.4 Å². The molecule has 166 valence electrons. The summed E-state index contributed by atoms with van der Waals surface area (Å²) in [6.45, 7) is 4.62. The average Bonchev–Trinajstić information content (AvgIpc) is 3.19. The van der Waals surface area contributed by atoms with Gasteiger partial charge in [0.15, 0.2) is 5.96 Å². The number of rotatable bonds is 6. The SMILES string of the molecule is CCNC(=NCc1ccc(C(=O)N2CCNC(=O)C2)cc1)NC1CCC(SC)C1.I. The van der Waals surface area contributed by atoms with E-state index >= 15 is 0 Å². The second-order valence-electron chi connectivity index (χ2n) is 7.48. The van der Waals surface area contributed by atoms with Crippen molar-refractivity contribution >= 4 is 53.5 Å². The quantitative estimate of drug-likeness (QED) is 0.290. The van der Waals surface area contributed by atoms with Crippen LogP contribution in [0.15, 0.2) is 29.3 Å². The summed E-state index contributed by atoms with van der Waals surface area (Å²) < 4.78 is 0. The summed E-state index contributed by atoms with van der Waals surface area (Å²) in [5.41, 5.74) is 1.65. The van der Waals surface area contributed by atoms with E-state index in [-0.39, 0.29) is 42.3 Å². The fourth-order valence-corrected chi connectivity index (χ4v) is 4.51. The van der Waals surface area contributed by atoms with Gasteiger partial charge in [0.2, 0.25) is 5.91 Å². The molecule has 1 heterocycles. The van der Waals surface area contributed by atoms with Crippen molar-refractivity contribution in [1.82, 2.24) is 20.9 Å². The maximum atomic E-state index is 12.5. The highest BCUT2D eigenvalue weighted by molar-refractivity contribution is 14.0. The molecule has 1 saturated carbocycles. The van der Waals surface area contributed by atoms with Gasteiger partial charge in [-0.1, -0.05) is 12.1 Å². The molecule has 2 atom stereocenters. The molecule has 7 nitrogen and oxygen atoms in total. The molecule has 0 radical (unpaired) electrons. The molecule has 1 aromatic carbocycles. The van der Waals surface area contributed by atoms with E-state index in [4.69, 9.17) is 4.99 Å². The van der Waals surface area contributed by atoms with Gasteiger partial charge in [0.05, 0.1) is 13.1 Å². The van der Waals surface area contributed by atoms with Crippen LogP contribution in [0.5, 0.6) is 0 Å². The smallest absolute Gasteiger partial charge is 0.254 e. The second-order valence-corrected chi connectivity index (χ2v) is 8.62. The lowest BCUT2D eigenvalue weighted by Crippen LogP contribution is -2.49. The molecule has 3 rings (SSSR count). The van der Waals surface area contributed by atoms with E-state index in [1.165, 1.54) is 19.3 Å². The number of hydrogen-bond donors (Lipinski definition) is 3. The zero-order chi connectivity index (χ0) is 20.6. The molecular formula is C21H32IN5O2S. The predicted molar refractivity (Wildman–Crippen MR) is 134 cm³/mol. The lowest BCUT2D eigenvalue weighted by molar-refractivity contribution is -0.123. The Hall–Kier alpha value is -1.49. The summed E-state index contributed by atoms with van der Waals surface area (Å²) in [5, 5.41) is 10.4. The highest BCUT2D eigenvalue weighted by Gasteiger charge is 2.24. The summed E-state index contributed by atoms with van der Waals surface area (Å²) in [5.74, 6) is 0.637. The number of piperazine rings is 1. The summed E-state index contributed by atoms with van der Waals surface area (Å²) in [6, 6.07) is 7.99. The standard InChI is InChI=1S/C21H31N5O2S.HI/c1-3-22-21(25-17-8-9-18(12-17)29-2)24-13-15-4-6-16(7-5-15)20(28)26-11-10-23-19(27)14-26;/h4-7,17-18H,3,8-14H2,1-2H3,(H,23,27)(H2,22,24,25);1H. The first-order valence-electron chi connectivity index (χ1n) is 10.3. The van der Waals surface area contributed by atoms with Crippen LogP contribution in [0.4, 0.5) is 0 Å². The van der Waals surface area contributed by atoms with Crippen LogP contribution in [-0.2, 0) is 11.3 Å². The molecule has 0 bridgehead atoms. The number of carbonyl (C=O) groups is 2. The lowest BCUT2D eigenvalue weighted by Gasteiger charge is -2.26. The Kier molecular flexibility index (Phi) is 10.2. The van der Waals surface area contributed by atoms with Crippen LogP contribution in [0.25, 0.3) is 0 Å². The number of guanidine groups is 1. The summed E-state index contributed by atoms with van der Waals surface area (Å²) in [4.78, 5) is 30.3. The van der Waals surface area contributed by atoms with E-state index < -0.39 is 0 Å². The first-order valence-corrected chi connectivity index (χ1v) is 11.6. The van der Waals surface area contributed by atoms with Crippen molar-refractivity contribution in [2.24, 2.45) is 4.99 Å². The third-order valence-electron chi connectivity index (χ3n) is 5.35. The van der Waals surface area contributed by atoms with Crippen molar-refractivity contribution in [2.45, 2.75) is 44.0 Å². The number of aliphatic imine (C=N–C) groups is 1. The van der Waals surface area contributed by atoms with Gasteiger partial charge in [-0.15, -0.1) is 24.0 Å². The number of amides is 2. The molecule has 2 fully saturated rings. The summed E-state index contributed by atoms with van der Waals surface area (Å²) in [6.07, 6.45) is 5.80. The van der Waals surface area contributed by atoms with E-state index in [1.807, 2.05) is 36.0 Å². The number of halogens is 1. The number of benzene rings is 1. The van der Waals surface area contributed by atoms with Gasteiger partial charge < -0.3 is 20.9 Å². The van der Waals surface area contributed by atoms with Gasteiger partial charge in [-0.05, 0) is 50.1 Å². The fraction of sp³-hybridized carbons (Fsp3) is 0.571. The van der Waals surface area contributed by atoms with E-state index in [9.17, 15) is 9.59 Å². The molecule has 30 heavy (non-hydrogen) atoms. The van der Waals surface area contributed by atoms with Crippen LogP contribution >= 0.6 is 35.7 Å². The van der Waals surface area contributed by atoms with Crippen LogP contribution in [0.2, 0.25) is 0 Å². The van der Waals surface area contributed by atoms with Gasteiger partial charge in [-0.2, -0.15) is 11.8 Å². The molecule has 1 aromatic rings. The average molecular weight is 545 g/mol. The van der Waals surface area contributed by atoms with Crippen molar-refractivity contribution < 1.29 is 9.59 Å². The van der Waals surface area contributed by atoms with Gasteiger partial charge in [0.1, 0.15) is 0 Å². The number of thioether (sulfide) groups is 1. The molecule has 0 spiro atoms. The van der Waals surface area contributed by atoms with Crippen molar-refractivity contribution in [3.63, 3.8) is 0 Å². The van der Waals surface area contributed by atoms with E-state index in [1.54, 1.807) is 4.90 Å². The molecule has 0 aromatic heterocycles. The molecule has 2 amide bonds.